The monoisotopic (exact) mass is 581 g/mol. The molecule has 1 atom stereocenters. The Morgan fingerprint density at radius 1 is 1.13 bits per heavy atom. The lowest BCUT2D eigenvalue weighted by Gasteiger charge is -2.24. The lowest BCUT2D eigenvalue weighted by molar-refractivity contribution is -0.114. The molecule has 5 rings (SSSR count). The van der Waals surface area contributed by atoms with Gasteiger partial charge in [-0.05, 0) is 43.2 Å². The molecule has 10 nitrogen and oxygen atoms in total. The van der Waals surface area contributed by atoms with E-state index in [2.05, 4.69) is 10.3 Å². The molecule has 0 radical (unpaired) electrons. The van der Waals surface area contributed by atoms with Crippen molar-refractivity contribution < 1.29 is 35.4 Å². The molecule has 2 aliphatic rings. The number of hydrogen-bond acceptors (Lipinski definition) is 8. The Balaban J connectivity index is 1.33. The van der Waals surface area contributed by atoms with Crippen LogP contribution in [0.15, 0.2) is 47.5 Å². The minimum atomic E-state index is -4.09. The summed E-state index contributed by atoms with van der Waals surface area (Å²) in [6, 6.07) is 6.14. The molecular formula is C24H22F3N5O5S2. The van der Waals surface area contributed by atoms with E-state index in [1.807, 2.05) is 0 Å². The van der Waals surface area contributed by atoms with Crippen molar-refractivity contribution in [2.24, 2.45) is 0 Å². The standard InChI is InChI=1S/C24H22F3N5O5S2/c25-15-3-6-22(20(26)10-15)37-14-17-2-1-7-32(17)39(35,36)18-4-5-21-19(11-18)23(33)24(34)31(21)13-16-12-30(29-28-16)8-9-38-27/h3-6,10-12,17H,1-2,7-9,13-14H2/t17-/m0/s1. The number of rotatable bonds is 10. The summed E-state index contributed by atoms with van der Waals surface area (Å²) in [5.74, 6) is -3.35. The number of benzene rings is 2. The third-order valence-electron chi connectivity index (χ3n) is 6.50. The number of fused-ring (bicyclic) bond motifs is 1. The van der Waals surface area contributed by atoms with Crippen LogP contribution in [0.25, 0.3) is 0 Å². The summed E-state index contributed by atoms with van der Waals surface area (Å²) >= 11 is 0.160. The largest absolute Gasteiger partial charge is 0.489 e. The fraction of sp³-hybridized carbons (Fsp3) is 0.333. The number of Topliss-reactive ketones (excluding diaryl/α,β-unsaturated/α-hetero) is 1. The number of ether oxygens (including phenoxy) is 1. The summed E-state index contributed by atoms with van der Waals surface area (Å²) in [5, 5.41) is 7.82. The smallest absolute Gasteiger partial charge is 0.299 e. The van der Waals surface area contributed by atoms with Crippen LogP contribution < -0.4 is 9.64 Å². The van der Waals surface area contributed by atoms with Gasteiger partial charge >= 0.3 is 0 Å². The third-order valence-corrected chi connectivity index (χ3v) is 8.79. The molecule has 3 heterocycles. The van der Waals surface area contributed by atoms with Gasteiger partial charge in [0.25, 0.3) is 11.7 Å². The van der Waals surface area contributed by atoms with Crippen LogP contribution >= 0.6 is 12.1 Å². The quantitative estimate of drug-likeness (QED) is 0.336. The van der Waals surface area contributed by atoms with Gasteiger partial charge in [-0.3, -0.25) is 19.2 Å². The lowest BCUT2D eigenvalue weighted by atomic mass is 10.1. The first kappa shape index (κ1) is 27.1. The highest BCUT2D eigenvalue weighted by Crippen LogP contribution is 2.34. The molecule has 3 aromatic rings. The van der Waals surface area contributed by atoms with Crippen molar-refractivity contribution >= 4 is 39.5 Å². The van der Waals surface area contributed by atoms with Crippen molar-refractivity contribution in [2.45, 2.75) is 36.9 Å². The van der Waals surface area contributed by atoms with Crippen LogP contribution in [0, 0.1) is 11.6 Å². The van der Waals surface area contributed by atoms with Gasteiger partial charge in [-0.2, -0.15) is 8.19 Å². The van der Waals surface area contributed by atoms with Gasteiger partial charge in [0.05, 0.1) is 41.5 Å². The van der Waals surface area contributed by atoms with Crippen molar-refractivity contribution in [1.82, 2.24) is 19.3 Å². The van der Waals surface area contributed by atoms with E-state index in [0.717, 1.165) is 12.1 Å². The van der Waals surface area contributed by atoms with Crippen LogP contribution in [-0.2, 0) is 27.9 Å². The first-order chi connectivity index (χ1) is 18.7. The van der Waals surface area contributed by atoms with Crippen LogP contribution in [0.4, 0.5) is 18.4 Å². The van der Waals surface area contributed by atoms with Gasteiger partial charge in [0.2, 0.25) is 10.0 Å². The fourth-order valence-corrected chi connectivity index (χ4v) is 6.58. The van der Waals surface area contributed by atoms with Crippen LogP contribution in [0.1, 0.15) is 28.9 Å². The molecule has 1 amide bonds. The van der Waals surface area contributed by atoms with E-state index in [1.54, 1.807) is 0 Å². The maximum atomic E-state index is 14.0. The molecular weight excluding hydrogens is 559 g/mol. The number of ketones is 1. The molecule has 15 heteroatoms. The summed E-state index contributed by atoms with van der Waals surface area (Å²) in [6.07, 6.45) is 2.54. The minimum Gasteiger partial charge on any atom is -0.489 e. The predicted octanol–water partition coefficient (Wildman–Crippen LogP) is 3.14. The number of halogens is 3. The van der Waals surface area contributed by atoms with Gasteiger partial charge in [0.15, 0.2) is 11.6 Å². The normalized spacial score (nSPS) is 17.7. The Hall–Kier alpha value is -3.43. The van der Waals surface area contributed by atoms with E-state index in [-0.39, 0.29) is 66.0 Å². The second-order valence-corrected chi connectivity index (χ2v) is 11.5. The van der Waals surface area contributed by atoms with Gasteiger partial charge in [-0.25, -0.2) is 17.2 Å². The van der Waals surface area contributed by atoms with Crippen molar-refractivity contribution in [1.29, 1.82) is 0 Å². The molecule has 1 aromatic heterocycles. The zero-order valence-corrected chi connectivity index (χ0v) is 21.9. The Bertz CT molecular complexity index is 1530. The van der Waals surface area contributed by atoms with E-state index in [4.69, 9.17) is 4.74 Å². The average Bonchev–Trinajstić information content (AvgIpc) is 3.63. The third kappa shape index (κ3) is 5.38. The lowest BCUT2D eigenvalue weighted by Crippen LogP contribution is -2.39. The van der Waals surface area contributed by atoms with Crippen LogP contribution in [0.3, 0.4) is 0 Å². The molecule has 1 saturated heterocycles. The second-order valence-electron chi connectivity index (χ2n) is 8.98. The summed E-state index contributed by atoms with van der Waals surface area (Å²) in [5.41, 5.74) is 0.565. The molecule has 2 aliphatic heterocycles. The SMILES string of the molecule is O=C1C(=O)N(Cc2cn(CCSF)nn2)c2ccc(S(=O)(=O)N3CCC[C@H]3COc3ccc(F)cc3F)cc21. The zero-order chi connectivity index (χ0) is 27.7. The molecule has 206 valence electrons. The van der Waals surface area contributed by atoms with Gasteiger partial charge in [0.1, 0.15) is 18.1 Å². The van der Waals surface area contributed by atoms with Gasteiger partial charge in [0, 0.05) is 30.5 Å². The summed E-state index contributed by atoms with van der Waals surface area (Å²) < 4.78 is 74.6. The number of aryl methyl sites for hydroxylation is 1. The highest BCUT2D eigenvalue weighted by molar-refractivity contribution is 7.94. The van der Waals surface area contributed by atoms with Crippen LogP contribution in [-0.4, -0.2) is 64.4 Å². The topological polar surface area (TPSA) is 115 Å². The number of carbonyl (C=O) groups excluding carboxylic acids is 2. The van der Waals surface area contributed by atoms with Crippen molar-refractivity contribution in [3.05, 3.63) is 65.5 Å². The maximum Gasteiger partial charge on any atom is 0.299 e. The number of aromatic nitrogens is 3. The molecule has 1 fully saturated rings. The summed E-state index contributed by atoms with van der Waals surface area (Å²) in [4.78, 5) is 26.5. The number of sulfonamides is 1. The van der Waals surface area contributed by atoms with E-state index in [9.17, 15) is 30.7 Å². The van der Waals surface area contributed by atoms with E-state index < -0.39 is 39.4 Å². The highest BCUT2D eigenvalue weighted by Gasteiger charge is 2.40. The van der Waals surface area contributed by atoms with Gasteiger partial charge < -0.3 is 4.74 Å². The number of carbonyl (C=O) groups is 2. The van der Waals surface area contributed by atoms with E-state index in [0.29, 0.717) is 24.6 Å². The molecule has 2 aromatic carbocycles. The average molecular weight is 582 g/mol. The number of anilines is 1. The number of nitrogens with zero attached hydrogens (tertiary/aromatic N) is 5. The zero-order valence-electron chi connectivity index (χ0n) is 20.3. The molecule has 0 unspecified atom stereocenters. The molecule has 39 heavy (non-hydrogen) atoms. The molecule has 0 saturated carbocycles. The van der Waals surface area contributed by atoms with Crippen LogP contribution in [0.2, 0.25) is 0 Å². The first-order valence-electron chi connectivity index (χ1n) is 11.9. The summed E-state index contributed by atoms with van der Waals surface area (Å²) in [7, 11) is -4.09. The van der Waals surface area contributed by atoms with Crippen molar-refractivity contribution in [2.75, 3.05) is 23.8 Å². The Labute approximate surface area is 226 Å². The first-order valence-corrected chi connectivity index (χ1v) is 14.2. The molecule has 0 bridgehead atoms. The predicted molar refractivity (Wildman–Crippen MR) is 134 cm³/mol. The second kappa shape index (κ2) is 11.0. The van der Waals surface area contributed by atoms with Gasteiger partial charge in [-0.1, -0.05) is 5.21 Å². The minimum absolute atomic E-state index is 0.0531. The number of amides is 1. The van der Waals surface area contributed by atoms with E-state index >= 15 is 0 Å². The maximum absolute atomic E-state index is 14.0. The van der Waals surface area contributed by atoms with E-state index in [1.165, 1.54) is 38.3 Å². The highest BCUT2D eigenvalue weighted by atomic mass is 32.2. The summed E-state index contributed by atoms with van der Waals surface area (Å²) in [6.45, 7) is 0.246. The van der Waals surface area contributed by atoms with Gasteiger partial charge in [-0.15, -0.1) is 5.10 Å². The molecule has 0 aliphatic carbocycles. The number of hydrogen-bond donors (Lipinski definition) is 0. The Kier molecular flexibility index (Phi) is 7.64. The Morgan fingerprint density at radius 3 is 2.72 bits per heavy atom. The molecule has 0 N–H and O–H groups in total. The molecule has 0 spiro atoms. The fourth-order valence-electron chi connectivity index (χ4n) is 4.61. The van der Waals surface area contributed by atoms with Crippen molar-refractivity contribution in [3.63, 3.8) is 0 Å². The van der Waals surface area contributed by atoms with Crippen molar-refractivity contribution in [3.8, 4) is 5.75 Å². The Morgan fingerprint density at radius 2 is 1.95 bits per heavy atom. The van der Waals surface area contributed by atoms with Crippen LogP contribution in [0.5, 0.6) is 5.75 Å².